The van der Waals surface area contributed by atoms with Crippen LogP contribution in [0.1, 0.15) is 31.5 Å². The van der Waals surface area contributed by atoms with Crippen LogP contribution in [-0.4, -0.2) is 29.0 Å². The normalized spacial score (nSPS) is 28.4. The van der Waals surface area contributed by atoms with Crippen LogP contribution in [0.4, 0.5) is 5.82 Å². The van der Waals surface area contributed by atoms with Crippen LogP contribution in [-0.2, 0) is 6.42 Å². The van der Waals surface area contributed by atoms with Crippen LogP contribution in [0.25, 0.3) is 11.2 Å². The van der Waals surface area contributed by atoms with Gasteiger partial charge in [-0.1, -0.05) is 6.42 Å². The summed E-state index contributed by atoms with van der Waals surface area (Å²) in [5, 5.41) is 0. The summed E-state index contributed by atoms with van der Waals surface area (Å²) in [6, 6.07) is 4.14. The number of hydrogen-bond acceptors (Lipinski definition) is 3. The molecule has 2 heterocycles. The Bertz CT molecular complexity index is 630. The van der Waals surface area contributed by atoms with Crippen LogP contribution in [0.2, 0.25) is 0 Å². The Morgan fingerprint density at radius 3 is 2.80 bits per heavy atom. The third-order valence-corrected chi connectivity index (χ3v) is 5.18. The van der Waals surface area contributed by atoms with Crippen molar-refractivity contribution in [2.45, 2.75) is 32.1 Å². The molecule has 20 heavy (non-hydrogen) atoms. The van der Waals surface area contributed by atoms with Gasteiger partial charge in [-0.3, -0.25) is 0 Å². The standard InChI is InChI=1S/C16H22N4/c1-20(2)15-6-5-13-16(19-15)18-14(17-13)9-12-8-10-3-4-11(12)7-10/h5-6,10-12H,3-4,7-9H2,1-2H3,(H,17,18,19). The molecule has 2 aromatic rings. The first-order chi connectivity index (χ1) is 9.69. The maximum absolute atomic E-state index is 4.71. The highest BCUT2D eigenvalue weighted by Crippen LogP contribution is 2.49. The van der Waals surface area contributed by atoms with Gasteiger partial charge in [-0.25, -0.2) is 9.97 Å². The number of anilines is 1. The Labute approximate surface area is 119 Å². The van der Waals surface area contributed by atoms with E-state index in [0.717, 1.165) is 47.0 Å². The fraction of sp³-hybridized carbons (Fsp3) is 0.625. The molecule has 2 aromatic heterocycles. The van der Waals surface area contributed by atoms with Crippen molar-refractivity contribution >= 4 is 17.0 Å². The average molecular weight is 270 g/mol. The minimum absolute atomic E-state index is 0.850. The van der Waals surface area contributed by atoms with Gasteiger partial charge >= 0.3 is 0 Å². The zero-order chi connectivity index (χ0) is 13.7. The molecule has 1 N–H and O–H groups in total. The van der Waals surface area contributed by atoms with Crippen LogP contribution in [0, 0.1) is 17.8 Å². The molecule has 2 bridgehead atoms. The molecule has 2 saturated carbocycles. The van der Waals surface area contributed by atoms with E-state index in [2.05, 4.69) is 16.0 Å². The third kappa shape index (κ3) is 1.98. The highest BCUT2D eigenvalue weighted by atomic mass is 15.1. The molecule has 0 saturated heterocycles. The van der Waals surface area contributed by atoms with Gasteiger partial charge < -0.3 is 9.88 Å². The van der Waals surface area contributed by atoms with E-state index in [-0.39, 0.29) is 0 Å². The van der Waals surface area contributed by atoms with Crippen LogP contribution in [0.3, 0.4) is 0 Å². The average Bonchev–Trinajstić information content (AvgIpc) is 3.11. The van der Waals surface area contributed by atoms with E-state index in [1.165, 1.54) is 25.7 Å². The summed E-state index contributed by atoms with van der Waals surface area (Å²) in [6.07, 6.45) is 6.90. The maximum atomic E-state index is 4.71. The summed E-state index contributed by atoms with van der Waals surface area (Å²) < 4.78 is 0. The molecule has 0 radical (unpaired) electrons. The summed E-state index contributed by atoms with van der Waals surface area (Å²) in [5.74, 6) is 4.91. The van der Waals surface area contributed by atoms with Gasteiger partial charge in [0.05, 0.1) is 5.52 Å². The molecule has 0 amide bonds. The van der Waals surface area contributed by atoms with Gasteiger partial charge in [-0.2, -0.15) is 0 Å². The molecule has 0 aromatic carbocycles. The fourth-order valence-corrected chi connectivity index (χ4v) is 4.15. The van der Waals surface area contributed by atoms with Gasteiger partial charge in [-0.15, -0.1) is 0 Å². The number of aromatic nitrogens is 3. The highest BCUT2D eigenvalue weighted by molar-refractivity contribution is 5.73. The highest BCUT2D eigenvalue weighted by Gasteiger charge is 2.39. The van der Waals surface area contributed by atoms with Gasteiger partial charge in [-0.05, 0) is 49.1 Å². The summed E-state index contributed by atoms with van der Waals surface area (Å²) in [5.41, 5.74) is 1.92. The maximum Gasteiger partial charge on any atom is 0.179 e. The van der Waals surface area contributed by atoms with Crippen molar-refractivity contribution in [2.24, 2.45) is 17.8 Å². The first-order valence-electron chi connectivity index (χ1n) is 7.72. The second-order valence-electron chi connectivity index (χ2n) is 6.76. The minimum Gasteiger partial charge on any atom is -0.363 e. The lowest BCUT2D eigenvalue weighted by atomic mass is 9.86. The molecule has 3 atom stereocenters. The lowest BCUT2D eigenvalue weighted by Gasteiger charge is -2.20. The summed E-state index contributed by atoms with van der Waals surface area (Å²) in [6.45, 7) is 0. The van der Waals surface area contributed by atoms with Crippen molar-refractivity contribution in [3.05, 3.63) is 18.0 Å². The molecule has 2 aliphatic carbocycles. The first kappa shape index (κ1) is 12.2. The van der Waals surface area contributed by atoms with Gasteiger partial charge in [0.25, 0.3) is 0 Å². The molecule has 4 nitrogen and oxygen atoms in total. The molecule has 0 spiro atoms. The van der Waals surface area contributed by atoms with E-state index >= 15 is 0 Å². The van der Waals surface area contributed by atoms with E-state index in [1.54, 1.807) is 0 Å². The lowest BCUT2D eigenvalue weighted by molar-refractivity contribution is 0.327. The summed E-state index contributed by atoms with van der Waals surface area (Å²) in [7, 11) is 4.02. The Balaban J connectivity index is 1.58. The summed E-state index contributed by atoms with van der Waals surface area (Å²) in [4.78, 5) is 14.8. The Hall–Kier alpha value is -1.58. The second-order valence-corrected chi connectivity index (χ2v) is 6.76. The SMILES string of the molecule is CN(C)c1ccc2[nH]c(CC3CC4CCC3C4)nc2n1. The Morgan fingerprint density at radius 1 is 1.20 bits per heavy atom. The molecular formula is C16H22N4. The van der Waals surface area contributed by atoms with Crippen molar-refractivity contribution in [1.82, 2.24) is 15.0 Å². The zero-order valence-electron chi connectivity index (χ0n) is 12.3. The van der Waals surface area contributed by atoms with Crippen LogP contribution in [0.15, 0.2) is 12.1 Å². The topological polar surface area (TPSA) is 44.8 Å². The van der Waals surface area contributed by atoms with E-state index in [1.807, 2.05) is 25.1 Å². The number of pyridine rings is 1. The largest absolute Gasteiger partial charge is 0.363 e. The number of fused-ring (bicyclic) bond motifs is 3. The summed E-state index contributed by atoms with van der Waals surface area (Å²) >= 11 is 0. The van der Waals surface area contributed by atoms with Crippen molar-refractivity contribution in [3.8, 4) is 0 Å². The number of nitrogens with zero attached hydrogens (tertiary/aromatic N) is 3. The Morgan fingerprint density at radius 2 is 2.10 bits per heavy atom. The molecule has 3 unspecified atom stereocenters. The molecule has 2 aliphatic rings. The number of imidazole rings is 1. The molecule has 2 fully saturated rings. The van der Waals surface area contributed by atoms with Crippen molar-refractivity contribution in [3.63, 3.8) is 0 Å². The number of hydrogen-bond donors (Lipinski definition) is 1. The van der Waals surface area contributed by atoms with Gasteiger partial charge in [0.1, 0.15) is 11.6 Å². The predicted molar refractivity (Wildman–Crippen MR) is 80.9 cm³/mol. The van der Waals surface area contributed by atoms with Gasteiger partial charge in [0.2, 0.25) is 0 Å². The van der Waals surface area contributed by atoms with E-state index in [0.29, 0.717) is 0 Å². The predicted octanol–water partition coefficient (Wildman–Crippen LogP) is 3.00. The van der Waals surface area contributed by atoms with E-state index in [4.69, 9.17) is 4.98 Å². The van der Waals surface area contributed by atoms with Gasteiger partial charge in [0, 0.05) is 20.5 Å². The number of H-pyrrole nitrogens is 1. The molecule has 0 aliphatic heterocycles. The van der Waals surface area contributed by atoms with Crippen LogP contribution < -0.4 is 4.90 Å². The van der Waals surface area contributed by atoms with Crippen molar-refractivity contribution < 1.29 is 0 Å². The second kappa shape index (κ2) is 4.47. The van der Waals surface area contributed by atoms with Crippen LogP contribution >= 0.6 is 0 Å². The smallest absolute Gasteiger partial charge is 0.179 e. The molecule has 4 rings (SSSR count). The lowest BCUT2D eigenvalue weighted by Crippen LogP contribution is -2.13. The van der Waals surface area contributed by atoms with E-state index in [9.17, 15) is 0 Å². The molecule has 4 heteroatoms. The number of rotatable bonds is 3. The number of nitrogens with one attached hydrogen (secondary N) is 1. The first-order valence-corrected chi connectivity index (χ1v) is 7.72. The molecular weight excluding hydrogens is 248 g/mol. The molecule has 106 valence electrons. The minimum atomic E-state index is 0.850. The van der Waals surface area contributed by atoms with Crippen molar-refractivity contribution in [2.75, 3.05) is 19.0 Å². The Kier molecular flexibility index (Phi) is 2.72. The quantitative estimate of drug-likeness (QED) is 0.932. The van der Waals surface area contributed by atoms with E-state index < -0.39 is 0 Å². The van der Waals surface area contributed by atoms with Crippen LogP contribution in [0.5, 0.6) is 0 Å². The number of aromatic amines is 1. The van der Waals surface area contributed by atoms with Crippen molar-refractivity contribution in [1.29, 1.82) is 0 Å². The monoisotopic (exact) mass is 270 g/mol. The fourth-order valence-electron chi connectivity index (χ4n) is 4.15. The zero-order valence-corrected chi connectivity index (χ0v) is 12.3. The van der Waals surface area contributed by atoms with Gasteiger partial charge in [0.15, 0.2) is 5.65 Å². The third-order valence-electron chi connectivity index (χ3n) is 5.18.